The minimum atomic E-state index is 0.384. The molecule has 1 aromatic rings. The molecule has 1 fully saturated rings. The molecular formula is C17H29N3. The molecule has 112 valence electrons. The number of nitrogens with one attached hydrogen (secondary N) is 1. The highest BCUT2D eigenvalue weighted by Gasteiger charge is 2.30. The number of nitrogens with zero attached hydrogens (tertiary/aromatic N) is 2. The third kappa shape index (κ3) is 3.32. The molecule has 1 saturated heterocycles. The summed E-state index contributed by atoms with van der Waals surface area (Å²) in [4.78, 5) is 7.23. The van der Waals surface area contributed by atoms with E-state index in [4.69, 9.17) is 4.98 Å². The summed E-state index contributed by atoms with van der Waals surface area (Å²) in [6.45, 7) is 10.1. The Morgan fingerprint density at radius 2 is 2.15 bits per heavy atom. The molecule has 0 spiro atoms. The molecule has 20 heavy (non-hydrogen) atoms. The van der Waals surface area contributed by atoms with Gasteiger partial charge >= 0.3 is 0 Å². The second kappa shape index (κ2) is 7.07. The van der Waals surface area contributed by atoms with Gasteiger partial charge in [-0.2, -0.15) is 0 Å². The maximum absolute atomic E-state index is 4.72. The lowest BCUT2D eigenvalue weighted by Crippen LogP contribution is -2.34. The van der Waals surface area contributed by atoms with E-state index in [1.54, 1.807) is 0 Å². The van der Waals surface area contributed by atoms with Crippen LogP contribution in [-0.2, 0) is 0 Å². The van der Waals surface area contributed by atoms with Crippen LogP contribution in [0, 0.1) is 0 Å². The quantitative estimate of drug-likeness (QED) is 0.853. The van der Waals surface area contributed by atoms with Crippen LogP contribution in [0.1, 0.15) is 65.0 Å². The zero-order valence-corrected chi connectivity index (χ0v) is 13.4. The Morgan fingerprint density at radius 1 is 1.35 bits per heavy atom. The smallest absolute Gasteiger partial charge is 0.128 e. The third-order valence-corrected chi connectivity index (χ3v) is 4.49. The van der Waals surface area contributed by atoms with E-state index in [2.05, 4.69) is 50.0 Å². The first-order chi connectivity index (χ1) is 9.67. The molecule has 3 nitrogen and oxygen atoms in total. The van der Waals surface area contributed by atoms with Gasteiger partial charge in [-0.15, -0.1) is 0 Å². The van der Waals surface area contributed by atoms with Crippen LogP contribution in [0.2, 0.25) is 0 Å². The predicted molar refractivity (Wildman–Crippen MR) is 86.2 cm³/mol. The summed E-state index contributed by atoms with van der Waals surface area (Å²) in [5, 5.41) is 3.51. The maximum Gasteiger partial charge on any atom is 0.128 e. The number of pyridine rings is 1. The van der Waals surface area contributed by atoms with E-state index in [9.17, 15) is 0 Å². The standard InChI is InChI=1S/C17H29N3/c1-5-11-18-14(4)15-8-10-17(19-12-15)20-13(3)7-9-16(20)6-2/h8,10,12-14,16,18H,5-7,9,11H2,1-4H3. The van der Waals surface area contributed by atoms with Gasteiger partial charge in [-0.25, -0.2) is 4.98 Å². The number of anilines is 1. The summed E-state index contributed by atoms with van der Waals surface area (Å²) < 4.78 is 0. The molecule has 3 unspecified atom stereocenters. The fourth-order valence-corrected chi connectivity index (χ4v) is 3.17. The highest BCUT2D eigenvalue weighted by molar-refractivity contribution is 5.43. The molecule has 3 atom stereocenters. The van der Waals surface area contributed by atoms with Crippen molar-refractivity contribution < 1.29 is 0 Å². The first-order valence-corrected chi connectivity index (χ1v) is 8.15. The molecule has 2 rings (SSSR count). The lowest BCUT2D eigenvalue weighted by Gasteiger charge is -2.29. The Labute approximate surface area is 123 Å². The van der Waals surface area contributed by atoms with Gasteiger partial charge in [-0.1, -0.05) is 19.9 Å². The molecule has 0 amide bonds. The van der Waals surface area contributed by atoms with Gasteiger partial charge in [0, 0.05) is 24.3 Å². The van der Waals surface area contributed by atoms with Gasteiger partial charge < -0.3 is 10.2 Å². The number of aromatic nitrogens is 1. The molecule has 0 radical (unpaired) electrons. The molecule has 0 aliphatic carbocycles. The van der Waals surface area contributed by atoms with Gasteiger partial charge in [0.1, 0.15) is 5.82 Å². The van der Waals surface area contributed by atoms with Crippen LogP contribution in [0.15, 0.2) is 18.3 Å². The zero-order valence-electron chi connectivity index (χ0n) is 13.4. The molecule has 1 aromatic heterocycles. The summed E-state index contributed by atoms with van der Waals surface area (Å²) in [6, 6.07) is 6.10. The third-order valence-electron chi connectivity index (χ3n) is 4.49. The Bertz CT molecular complexity index is 401. The second-order valence-electron chi connectivity index (χ2n) is 6.02. The van der Waals surface area contributed by atoms with E-state index in [0.29, 0.717) is 18.1 Å². The normalized spacial score (nSPS) is 24.1. The molecule has 1 aliphatic heterocycles. The Hall–Kier alpha value is -1.09. The first kappa shape index (κ1) is 15.3. The minimum Gasteiger partial charge on any atom is -0.351 e. The van der Waals surface area contributed by atoms with E-state index >= 15 is 0 Å². The SMILES string of the molecule is CCCNC(C)c1ccc(N2C(C)CCC2CC)nc1. The molecule has 2 heterocycles. The van der Waals surface area contributed by atoms with Crippen molar-refractivity contribution in [2.45, 2.75) is 71.5 Å². The van der Waals surface area contributed by atoms with Crippen molar-refractivity contribution in [1.29, 1.82) is 0 Å². The topological polar surface area (TPSA) is 28.2 Å². The van der Waals surface area contributed by atoms with E-state index in [0.717, 1.165) is 12.4 Å². The average Bonchev–Trinajstić information content (AvgIpc) is 2.86. The second-order valence-corrected chi connectivity index (χ2v) is 6.02. The van der Waals surface area contributed by atoms with Crippen molar-refractivity contribution in [2.75, 3.05) is 11.4 Å². The molecule has 0 saturated carbocycles. The Kier molecular flexibility index (Phi) is 5.41. The summed E-state index contributed by atoms with van der Waals surface area (Å²) in [7, 11) is 0. The van der Waals surface area contributed by atoms with Gasteiger partial charge in [-0.05, 0) is 57.7 Å². The number of hydrogen-bond acceptors (Lipinski definition) is 3. The molecule has 3 heteroatoms. The number of rotatable bonds is 6. The zero-order chi connectivity index (χ0) is 14.5. The molecule has 1 aliphatic rings. The van der Waals surface area contributed by atoms with Gasteiger partial charge in [0.05, 0.1) is 0 Å². The van der Waals surface area contributed by atoms with Crippen LogP contribution in [0.5, 0.6) is 0 Å². The minimum absolute atomic E-state index is 0.384. The van der Waals surface area contributed by atoms with Crippen LogP contribution in [0.3, 0.4) is 0 Å². The Balaban J connectivity index is 2.07. The summed E-state index contributed by atoms with van der Waals surface area (Å²) in [5.74, 6) is 1.15. The summed E-state index contributed by atoms with van der Waals surface area (Å²) in [5.41, 5.74) is 1.28. The Morgan fingerprint density at radius 3 is 2.75 bits per heavy atom. The number of hydrogen-bond donors (Lipinski definition) is 1. The fourth-order valence-electron chi connectivity index (χ4n) is 3.17. The fraction of sp³-hybridized carbons (Fsp3) is 0.706. The van der Waals surface area contributed by atoms with Crippen molar-refractivity contribution in [3.63, 3.8) is 0 Å². The van der Waals surface area contributed by atoms with Crippen molar-refractivity contribution in [1.82, 2.24) is 10.3 Å². The van der Waals surface area contributed by atoms with Crippen LogP contribution < -0.4 is 10.2 Å². The monoisotopic (exact) mass is 275 g/mol. The van der Waals surface area contributed by atoms with E-state index in [1.165, 1.54) is 31.2 Å². The van der Waals surface area contributed by atoms with Crippen LogP contribution in [-0.4, -0.2) is 23.6 Å². The van der Waals surface area contributed by atoms with Crippen LogP contribution >= 0.6 is 0 Å². The first-order valence-electron chi connectivity index (χ1n) is 8.15. The lowest BCUT2D eigenvalue weighted by molar-refractivity contribution is 0.568. The van der Waals surface area contributed by atoms with Crippen molar-refractivity contribution >= 4 is 5.82 Å². The largest absolute Gasteiger partial charge is 0.351 e. The molecule has 0 bridgehead atoms. The van der Waals surface area contributed by atoms with Gasteiger partial charge in [-0.3, -0.25) is 0 Å². The van der Waals surface area contributed by atoms with Crippen molar-refractivity contribution in [2.24, 2.45) is 0 Å². The van der Waals surface area contributed by atoms with E-state index in [1.807, 2.05) is 6.20 Å². The van der Waals surface area contributed by atoms with Gasteiger partial charge in [0.25, 0.3) is 0 Å². The van der Waals surface area contributed by atoms with Gasteiger partial charge in [0.15, 0.2) is 0 Å². The van der Waals surface area contributed by atoms with Crippen molar-refractivity contribution in [3.05, 3.63) is 23.9 Å². The van der Waals surface area contributed by atoms with Crippen LogP contribution in [0.4, 0.5) is 5.82 Å². The van der Waals surface area contributed by atoms with Gasteiger partial charge in [0.2, 0.25) is 0 Å². The molecular weight excluding hydrogens is 246 g/mol. The van der Waals surface area contributed by atoms with Crippen molar-refractivity contribution in [3.8, 4) is 0 Å². The van der Waals surface area contributed by atoms with E-state index in [-0.39, 0.29) is 0 Å². The average molecular weight is 275 g/mol. The molecule has 1 N–H and O–H groups in total. The highest BCUT2D eigenvalue weighted by atomic mass is 15.3. The lowest BCUT2D eigenvalue weighted by atomic mass is 10.1. The molecule has 0 aromatic carbocycles. The van der Waals surface area contributed by atoms with Crippen LogP contribution in [0.25, 0.3) is 0 Å². The predicted octanol–water partition coefficient (Wildman–Crippen LogP) is 3.91. The summed E-state index contributed by atoms with van der Waals surface area (Å²) >= 11 is 0. The highest BCUT2D eigenvalue weighted by Crippen LogP contribution is 2.30. The summed E-state index contributed by atoms with van der Waals surface area (Å²) in [6.07, 6.45) is 7.01. The maximum atomic E-state index is 4.72. The van der Waals surface area contributed by atoms with E-state index < -0.39 is 0 Å².